The van der Waals surface area contributed by atoms with Gasteiger partial charge in [0.05, 0.1) is 28.2 Å². The predicted octanol–water partition coefficient (Wildman–Crippen LogP) is 5.67. The Morgan fingerprint density at radius 1 is 1.20 bits per heavy atom. The van der Waals surface area contributed by atoms with E-state index in [1.54, 1.807) is 17.0 Å². The van der Waals surface area contributed by atoms with E-state index in [9.17, 15) is 26.4 Å². The number of sulfonamides is 1. The lowest BCUT2D eigenvalue weighted by Crippen LogP contribution is -2.39. The van der Waals surface area contributed by atoms with E-state index in [1.165, 1.54) is 12.1 Å². The first-order chi connectivity index (χ1) is 16.5. The summed E-state index contributed by atoms with van der Waals surface area (Å²) in [4.78, 5) is 12.2. The number of benzene rings is 1. The second-order valence-electron chi connectivity index (χ2n) is 7.56. The number of aromatic nitrogens is 2. The van der Waals surface area contributed by atoms with Gasteiger partial charge in [0.2, 0.25) is 0 Å². The molecule has 0 fully saturated rings. The zero-order valence-electron chi connectivity index (χ0n) is 17.7. The number of amides is 2. The number of allylic oxidation sites excluding steroid dienone is 1. The summed E-state index contributed by atoms with van der Waals surface area (Å²) in [5.74, 6) is 0. The van der Waals surface area contributed by atoms with Crippen molar-refractivity contribution in [1.29, 1.82) is 0 Å². The molecule has 4 rings (SSSR count). The molecule has 0 bridgehead atoms. The van der Waals surface area contributed by atoms with Crippen molar-refractivity contribution in [2.24, 2.45) is 0 Å². The molecule has 0 radical (unpaired) electrons. The van der Waals surface area contributed by atoms with Crippen LogP contribution in [0.25, 0.3) is 11.3 Å². The summed E-state index contributed by atoms with van der Waals surface area (Å²) >= 11 is 12.3. The van der Waals surface area contributed by atoms with Gasteiger partial charge in [0.15, 0.2) is 0 Å². The molecule has 0 atom stereocenters. The highest BCUT2D eigenvalue weighted by molar-refractivity contribution is 7.92. The monoisotopic (exact) mass is 564 g/mol. The van der Waals surface area contributed by atoms with Crippen LogP contribution in [0.1, 0.15) is 29.7 Å². The van der Waals surface area contributed by atoms with Crippen molar-refractivity contribution in [3.8, 4) is 5.69 Å². The normalized spacial score (nSPS) is 15.2. The fourth-order valence-electron chi connectivity index (χ4n) is 3.62. The maximum absolute atomic E-state index is 12.9. The molecule has 2 aromatic heterocycles. The van der Waals surface area contributed by atoms with Crippen LogP contribution in [0, 0.1) is 0 Å². The van der Waals surface area contributed by atoms with Crippen molar-refractivity contribution in [3.63, 3.8) is 0 Å². The van der Waals surface area contributed by atoms with Gasteiger partial charge in [-0.2, -0.15) is 18.3 Å². The van der Waals surface area contributed by atoms with Gasteiger partial charge in [0.1, 0.15) is 8.55 Å². The zero-order chi connectivity index (χ0) is 25.4. The second kappa shape index (κ2) is 9.84. The minimum atomic E-state index is -4.44. The molecular formula is C21H17Cl2F3N4O3S2. The number of thiophene rings is 1. The van der Waals surface area contributed by atoms with Gasteiger partial charge in [-0.1, -0.05) is 29.3 Å². The molecule has 3 aromatic rings. The molecule has 0 spiro atoms. The Bertz CT molecular complexity index is 1380. The lowest BCUT2D eigenvalue weighted by Gasteiger charge is -2.18. The van der Waals surface area contributed by atoms with Gasteiger partial charge < -0.3 is 5.32 Å². The van der Waals surface area contributed by atoms with Crippen LogP contribution in [0.5, 0.6) is 0 Å². The molecule has 2 amide bonds. The standard InChI is InChI=1S/C21H17Cl2F3N4O3S2/c22-16-10-17(34-19(16)23)35(32,33)29-20(31)27-9-8-12-2-1-3-13-11-28-30(18(12)13)15-6-4-14(5-7-15)21(24,25)26/h4-8,10-11H,1-3,9H2,(H2,27,29,31)/b12-8+. The third-order valence-corrected chi connectivity index (χ3v) is 8.88. The first-order valence-corrected chi connectivity index (χ1v) is 13.2. The Hall–Kier alpha value is -2.54. The van der Waals surface area contributed by atoms with E-state index in [4.69, 9.17) is 23.2 Å². The number of halogens is 5. The minimum absolute atomic E-state index is 0.0142. The number of nitrogens with one attached hydrogen (secondary N) is 2. The summed E-state index contributed by atoms with van der Waals surface area (Å²) in [5, 5.41) is 6.87. The summed E-state index contributed by atoms with van der Waals surface area (Å²) in [5.41, 5.74) is 2.23. The van der Waals surface area contributed by atoms with Gasteiger partial charge >= 0.3 is 12.2 Å². The summed E-state index contributed by atoms with van der Waals surface area (Å²) in [6.07, 6.45) is 1.21. The van der Waals surface area contributed by atoms with Gasteiger partial charge in [0, 0.05) is 6.54 Å². The highest BCUT2D eigenvalue weighted by Crippen LogP contribution is 2.35. The average Bonchev–Trinajstić information content (AvgIpc) is 3.37. The molecule has 186 valence electrons. The van der Waals surface area contributed by atoms with Crippen molar-refractivity contribution in [1.82, 2.24) is 19.8 Å². The maximum atomic E-state index is 12.9. The van der Waals surface area contributed by atoms with E-state index >= 15 is 0 Å². The highest BCUT2D eigenvalue weighted by Gasteiger charge is 2.30. The van der Waals surface area contributed by atoms with Crippen LogP contribution in [0.15, 0.2) is 46.8 Å². The molecule has 2 heterocycles. The van der Waals surface area contributed by atoms with Crippen LogP contribution in [0.2, 0.25) is 9.36 Å². The van der Waals surface area contributed by atoms with E-state index in [1.807, 2.05) is 4.72 Å². The number of urea groups is 1. The number of nitrogens with zero attached hydrogens (tertiary/aromatic N) is 2. The van der Waals surface area contributed by atoms with Gasteiger partial charge in [-0.15, -0.1) is 11.3 Å². The van der Waals surface area contributed by atoms with Crippen LogP contribution < -0.4 is 10.0 Å². The lowest BCUT2D eigenvalue weighted by molar-refractivity contribution is -0.137. The fourth-order valence-corrected chi connectivity index (χ4v) is 6.42. The van der Waals surface area contributed by atoms with Crippen LogP contribution in [-0.4, -0.2) is 30.8 Å². The van der Waals surface area contributed by atoms with Crippen molar-refractivity contribution in [2.45, 2.75) is 29.6 Å². The van der Waals surface area contributed by atoms with E-state index in [2.05, 4.69) is 10.4 Å². The fraction of sp³-hybridized carbons (Fsp3) is 0.238. The summed E-state index contributed by atoms with van der Waals surface area (Å²) < 4.78 is 66.7. The van der Waals surface area contributed by atoms with Crippen LogP contribution in [0.4, 0.5) is 18.0 Å². The van der Waals surface area contributed by atoms with Gasteiger partial charge in [-0.05, 0) is 60.7 Å². The molecule has 0 saturated heterocycles. The molecule has 1 aromatic carbocycles. The number of fused-ring (bicyclic) bond motifs is 1. The quantitative estimate of drug-likeness (QED) is 0.417. The van der Waals surface area contributed by atoms with Crippen molar-refractivity contribution in [2.75, 3.05) is 6.54 Å². The zero-order valence-corrected chi connectivity index (χ0v) is 20.8. The van der Waals surface area contributed by atoms with E-state index in [0.29, 0.717) is 12.1 Å². The van der Waals surface area contributed by atoms with E-state index in [-0.39, 0.29) is 20.1 Å². The van der Waals surface area contributed by atoms with Crippen molar-refractivity contribution >= 4 is 56.2 Å². The Labute approximate surface area is 212 Å². The largest absolute Gasteiger partial charge is 0.416 e. The van der Waals surface area contributed by atoms with Gasteiger partial charge in [0.25, 0.3) is 10.0 Å². The molecule has 14 heteroatoms. The third kappa shape index (κ3) is 5.66. The maximum Gasteiger partial charge on any atom is 0.416 e. The topological polar surface area (TPSA) is 93.1 Å². The van der Waals surface area contributed by atoms with Crippen LogP contribution >= 0.6 is 34.5 Å². The summed E-state index contributed by atoms with van der Waals surface area (Å²) in [7, 11) is -4.14. The highest BCUT2D eigenvalue weighted by atomic mass is 35.5. The summed E-state index contributed by atoms with van der Waals surface area (Å²) in [6.45, 7) is 0.0142. The number of hydrogen-bond acceptors (Lipinski definition) is 5. The lowest BCUT2D eigenvalue weighted by atomic mass is 9.92. The van der Waals surface area contributed by atoms with E-state index in [0.717, 1.165) is 59.2 Å². The number of alkyl halides is 3. The predicted molar refractivity (Wildman–Crippen MR) is 128 cm³/mol. The van der Waals surface area contributed by atoms with Crippen LogP contribution in [-0.2, 0) is 22.6 Å². The molecule has 0 saturated carbocycles. The first-order valence-electron chi connectivity index (χ1n) is 10.1. The second-order valence-corrected chi connectivity index (χ2v) is 11.5. The molecular weight excluding hydrogens is 548 g/mol. The van der Waals surface area contributed by atoms with E-state index < -0.39 is 27.8 Å². The first kappa shape index (κ1) is 25.5. The molecule has 7 nitrogen and oxygen atoms in total. The summed E-state index contributed by atoms with van der Waals surface area (Å²) in [6, 6.07) is 4.91. The number of rotatable bonds is 5. The molecule has 0 aliphatic heterocycles. The Morgan fingerprint density at radius 2 is 1.91 bits per heavy atom. The Morgan fingerprint density at radius 3 is 2.54 bits per heavy atom. The number of carbonyl (C=O) groups excluding carboxylic acids is 1. The minimum Gasteiger partial charge on any atom is -0.334 e. The Kier molecular flexibility index (Phi) is 7.18. The molecule has 0 unspecified atom stereocenters. The van der Waals surface area contributed by atoms with Crippen molar-refractivity contribution < 1.29 is 26.4 Å². The van der Waals surface area contributed by atoms with Gasteiger partial charge in [-0.25, -0.2) is 22.6 Å². The smallest absolute Gasteiger partial charge is 0.334 e. The number of hydrogen-bond donors (Lipinski definition) is 2. The Balaban J connectivity index is 1.48. The molecule has 1 aliphatic rings. The van der Waals surface area contributed by atoms with Crippen molar-refractivity contribution in [3.05, 3.63) is 68.8 Å². The number of aryl methyl sites for hydroxylation is 1. The number of carbonyl (C=O) groups is 1. The van der Waals surface area contributed by atoms with Gasteiger partial charge in [-0.3, -0.25) is 0 Å². The molecule has 35 heavy (non-hydrogen) atoms. The molecule has 2 N–H and O–H groups in total. The molecule has 1 aliphatic carbocycles. The average molecular weight is 565 g/mol. The third-order valence-electron chi connectivity index (χ3n) is 5.21. The van der Waals surface area contributed by atoms with Crippen LogP contribution in [0.3, 0.4) is 0 Å². The SMILES string of the molecule is O=C(NC/C=C1\CCCc2cnn(-c3ccc(C(F)(F)F)cc3)c21)NS(=O)(=O)c1cc(Cl)c(Cl)s1.